The normalized spacial score (nSPS) is 26.4. The van der Waals surface area contributed by atoms with Crippen molar-refractivity contribution in [2.24, 2.45) is 0 Å². The maximum absolute atomic E-state index is 11.8. The Kier molecular flexibility index (Phi) is 4.52. The third-order valence-electron chi connectivity index (χ3n) is 3.12. The second-order valence-electron chi connectivity index (χ2n) is 4.61. The van der Waals surface area contributed by atoms with Gasteiger partial charge in [-0.05, 0) is 19.1 Å². The lowest BCUT2D eigenvalue weighted by Gasteiger charge is -2.14. The van der Waals surface area contributed by atoms with Gasteiger partial charge in [0.05, 0.1) is 11.7 Å². The molecule has 0 saturated carbocycles. The van der Waals surface area contributed by atoms with E-state index in [2.05, 4.69) is 0 Å². The van der Waals surface area contributed by atoms with Gasteiger partial charge in [-0.2, -0.15) is 0 Å². The van der Waals surface area contributed by atoms with Gasteiger partial charge in [-0.1, -0.05) is 17.7 Å². The molecule has 1 saturated heterocycles. The van der Waals surface area contributed by atoms with E-state index in [1.165, 1.54) is 7.11 Å². The molecule has 1 fully saturated rings. The summed E-state index contributed by atoms with van der Waals surface area (Å²) in [6, 6.07) is 7.11. The van der Waals surface area contributed by atoms with E-state index in [1.807, 2.05) is 19.1 Å². The van der Waals surface area contributed by atoms with Gasteiger partial charge in [-0.25, -0.2) is 4.79 Å². The van der Waals surface area contributed by atoms with E-state index in [4.69, 9.17) is 14.2 Å². The Morgan fingerprint density at radius 3 is 2.68 bits per heavy atom. The van der Waals surface area contributed by atoms with Crippen LogP contribution in [0.1, 0.15) is 22.3 Å². The fourth-order valence-corrected chi connectivity index (χ4v) is 1.92. The molecular formula is C14H18O5. The number of methoxy groups -OCH3 is 1. The zero-order valence-electron chi connectivity index (χ0n) is 11.0. The van der Waals surface area contributed by atoms with E-state index in [9.17, 15) is 9.90 Å². The number of carbonyl (C=O) groups is 1. The largest absolute Gasteiger partial charge is 0.459 e. The smallest absolute Gasteiger partial charge is 0.338 e. The van der Waals surface area contributed by atoms with Gasteiger partial charge in [0.15, 0.2) is 6.29 Å². The monoisotopic (exact) mass is 266 g/mol. The first-order chi connectivity index (χ1) is 9.10. The van der Waals surface area contributed by atoms with Crippen LogP contribution in [0.5, 0.6) is 0 Å². The van der Waals surface area contributed by atoms with Gasteiger partial charge in [-0.15, -0.1) is 0 Å². The molecule has 1 aromatic rings. The van der Waals surface area contributed by atoms with Gasteiger partial charge in [0, 0.05) is 13.5 Å². The molecule has 1 aliphatic rings. The highest BCUT2D eigenvalue weighted by atomic mass is 16.7. The van der Waals surface area contributed by atoms with Crippen LogP contribution in [-0.4, -0.2) is 43.3 Å². The number of aryl methyl sites for hydroxylation is 1. The first-order valence-corrected chi connectivity index (χ1v) is 6.20. The minimum absolute atomic E-state index is 0.0216. The van der Waals surface area contributed by atoms with Gasteiger partial charge in [0.1, 0.15) is 12.7 Å². The average Bonchev–Trinajstić information content (AvgIpc) is 2.77. The molecule has 0 amide bonds. The van der Waals surface area contributed by atoms with Crippen molar-refractivity contribution >= 4 is 5.97 Å². The Morgan fingerprint density at radius 1 is 1.42 bits per heavy atom. The summed E-state index contributed by atoms with van der Waals surface area (Å²) < 4.78 is 15.5. The van der Waals surface area contributed by atoms with Crippen LogP contribution < -0.4 is 0 Å². The Balaban J connectivity index is 1.85. The maximum Gasteiger partial charge on any atom is 0.338 e. The van der Waals surface area contributed by atoms with Crippen molar-refractivity contribution < 1.29 is 24.1 Å². The molecule has 5 nitrogen and oxygen atoms in total. The molecule has 0 unspecified atom stereocenters. The fourth-order valence-electron chi connectivity index (χ4n) is 1.92. The van der Waals surface area contributed by atoms with E-state index >= 15 is 0 Å². The number of benzene rings is 1. The predicted octanol–water partition coefficient (Wildman–Crippen LogP) is 1.27. The zero-order chi connectivity index (χ0) is 13.8. The fraction of sp³-hybridized carbons (Fsp3) is 0.500. The number of esters is 1. The number of hydrogen-bond acceptors (Lipinski definition) is 5. The second-order valence-corrected chi connectivity index (χ2v) is 4.61. The predicted molar refractivity (Wildman–Crippen MR) is 67.8 cm³/mol. The van der Waals surface area contributed by atoms with Crippen molar-refractivity contribution in [3.63, 3.8) is 0 Å². The summed E-state index contributed by atoms with van der Waals surface area (Å²) in [7, 11) is 1.51. The van der Waals surface area contributed by atoms with Crippen LogP contribution in [0.4, 0.5) is 0 Å². The lowest BCUT2D eigenvalue weighted by molar-refractivity contribution is -0.128. The summed E-state index contributed by atoms with van der Waals surface area (Å²) >= 11 is 0. The first-order valence-electron chi connectivity index (χ1n) is 6.20. The summed E-state index contributed by atoms with van der Waals surface area (Å²) in [5, 5.41) is 9.71. The van der Waals surface area contributed by atoms with E-state index in [1.54, 1.807) is 12.1 Å². The quantitative estimate of drug-likeness (QED) is 0.831. The van der Waals surface area contributed by atoms with E-state index in [0.717, 1.165) is 5.56 Å². The topological polar surface area (TPSA) is 65.0 Å². The third-order valence-corrected chi connectivity index (χ3v) is 3.12. The first kappa shape index (κ1) is 14.0. The van der Waals surface area contributed by atoms with Crippen LogP contribution in [0.3, 0.4) is 0 Å². The highest BCUT2D eigenvalue weighted by molar-refractivity contribution is 5.89. The minimum atomic E-state index is -0.671. The highest BCUT2D eigenvalue weighted by Gasteiger charge is 2.34. The maximum atomic E-state index is 11.8. The Hall–Kier alpha value is -1.43. The third kappa shape index (κ3) is 3.53. The van der Waals surface area contributed by atoms with Crippen LogP contribution in [-0.2, 0) is 14.2 Å². The highest BCUT2D eigenvalue weighted by Crippen LogP contribution is 2.21. The van der Waals surface area contributed by atoms with E-state index in [-0.39, 0.29) is 6.61 Å². The van der Waals surface area contributed by atoms with Crippen LogP contribution >= 0.6 is 0 Å². The van der Waals surface area contributed by atoms with Crippen molar-refractivity contribution in [1.82, 2.24) is 0 Å². The summed E-state index contributed by atoms with van der Waals surface area (Å²) in [5.41, 5.74) is 1.57. The molecule has 1 N–H and O–H groups in total. The van der Waals surface area contributed by atoms with Gasteiger partial charge in [0.25, 0.3) is 0 Å². The molecular weight excluding hydrogens is 248 g/mol. The van der Waals surface area contributed by atoms with Gasteiger partial charge in [0.2, 0.25) is 0 Å². The van der Waals surface area contributed by atoms with Crippen LogP contribution in [0, 0.1) is 6.92 Å². The van der Waals surface area contributed by atoms with Gasteiger partial charge >= 0.3 is 5.97 Å². The molecule has 19 heavy (non-hydrogen) atoms. The SMILES string of the molecule is CO[C@H]1C[C@@H](O)[C@@H](COC(=O)c2ccc(C)cc2)O1. The van der Waals surface area contributed by atoms with E-state index in [0.29, 0.717) is 12.0 Å². The Labute approximate surface area is 112 Å². The molecule has 1 aliphatic heterocycles. The summed E-state index contributed by atoms with van der Waals surface area (Å²) in [6.07, 6.45) is -1.24. The Bertz CT molecular complexity index is 428. The van der Waals surface area contributed by atoms with Crippen molar-refractivity contribution in [3.8, 4) is 0 Å². The molecule has 0 bridgehead atoms. The lowest BCUT2D eigenvalue weighted by Crippen LogP contribution is -2.28. The molecule has 0 spiro atoms. The molecule has 3 atom stereocenters. The number of rotatable bonds is 4. The summed E-state index contributed by atoms with van der Waals surface area (Å²) in [4.78, 5) is 11.8. The van der Waals surface area contributed by atoms with Crippen molar-refractivity contribution in [2.45, 2.75) is 31.8 Å². The second kappa shape index (κ2) is 6.14. The summed E-state index contributed by atoms with van der Waals surface area (Å²) in [5.74, 6) is -0.420. The molecule has 0 aromatic heterocycles. The van der Waals surface area contributed by atoms with Crippen molar-refractivity contribution in [2.75, 3.05) is 13.7 Å². The number of aliphatic hydroxyl groups is 1. The molecule has 2 rings (SSSR count). The number of ether oxygens (including phenoxy) is 3. The number of carbonyl (C=O) groups excluding carboxylic acids is 1. The van der Waals surface area contributed by atoms with Gasteiger partial charge < -0.3 is 19.3 Å². The molecule has 1 heterocycles. The average molecular weight is 266 g/mol. The minimum Gasteiger partial charge on any atom is -0.459 e. The van der Waals surface area contributed by atoms with Crippen LogP contribution in [0.2, 0.25) is 0 Å². The molecule has 5 heteroatoms. The van der Waals surface area contributed by atoms with Crippen molar-refractivity contribution in [3.05, 3.63) is 35.4 Å². The number of aliphatic hydroxyl groups excluding tert-OH is 1. The van der Waals surface area contributed by atoms with Crippen LogP contribution in [0.25, 0.3) is 0 Å². The molecule has 104 valence electrons. The molecule has 1 aromatic carbocycles. The zero-order valence-corrected chi connectivity index (χ0v) is 11.0. The molecule has 0 radical (unpaired) electrons. The number of hydrogen-bond donors (Lipinski definition) is 1. The van der Waals surface area contributed by atoms with Crippen LogP contribution in [0.15, 0.2) is 24.3 Å². The lowest BCUT2D eigenvalue weighted by atomic mass is 10.1. The van der Waals surface area contributed by atoms with E-state index < -0.39 is 24.5 Å². The standard InChI is InChI=1S/C14H18O5/c1-9-3-5-10(6-4-9)14(16)18-8-12-11(15)7-13(17-2)19-12/h3-6,11-13,15H,7-8H2,1-2H3/t11-,12-,13-/m1/s1. The van der Waals surface area contributed by atoms with Gasteiger partial charge in [-0.3, -0.25) is 0 Å². The summed E-state index contributed by atoms with van der Waals surface area (Å²) in [6.45, 7) is 1.97. The Morgan fingerprint density at radius 2 is 2.11 bits per heavy atom. The van der Waals surface area contributed by atoms with Crippen molar-refractivity contribution in [1.29, 1.82) is 0 Å². The molecule has 0 aliphatic carbocycles.